The van der Waals surface area contributed by atoms with E-state index in [9.17, 15) is 4.79 Å². The number of ether oxygens (including phenoxy) is 2. The minimum absolute atomic E-state index is 0.201. The highest BCUT2D eigenvalue weighted by molar-refractivity contribution is 6.30. The molecule has 0 spiro atoms. The summed E-state index contributed by atoms with van der Waals surface area (Å²) in [6.45, 7) is 3.27. The fourth-order valence-corrected chi connectivity index (χ4v) is 2.54. The lowest BCUT2D eigenvalue weighted by atomic mass is 10.1. The highest BCUT2D eigenvalue weighted by Crippen LogP contribution is 2.18. The molecule has 1 heterocycles. The van der Waals surface area contributed by atoms with Crippen LogP contribution in [0.3, 0.4) is 0 Å². The van der Waals surface area contributed by atoms with E-state index in [0.717, 1.165) is 5.56 Å². The van der Waals surface area contributed by atoms with Crippen LogP contribution in [0.15, 0.2) is 60.9 Å². The van der Waals surface area contributed by atoms with Gasteiger partial charge in [-0.1, -0.05) is 29.8 Å². The number of benzene rings is 2. The number of carbonyl (C=O) groups excluding carboxylic acids is 1. The van der Waals surface area contributed by atoms with E-state index in [0.29, 0.717) is 42.0 Å². The van der Waals surface area contributed by atoms with Gasteiger partial charge in [0.2, 0.25) is 0 Å². The monoisotopic (exact) mass is 385 g/mol. The first kappa shape index (κ1) is 18.9. The Morgan fingerprint density at radius 1 is 1.22 bits per heavy atom. The van der Waals surface area contributed by atoms with Crippen LogP contribution >= 0.6 is 11.6 Å². The molecule has 0 radical (unpaired) electrons. The average molecular weight is 386 g/mol. The Morgan fingerprint density at radius 2 is 2.04 bits per heavy atom. The number of rotatable bonds is 8. The summed E-state index contributed by atoms with van der Waals surface area (Å²) in [5.74, 6) is 0.502. The van der Waals surface area contributed by atoms with Crippen molar-refractivity contribution in [2.45, 2.75) is 20.3 Å². The van der Waals surface area contributed by atoms with Gasteiger partial charge < -0.3 is 14.8 Å². The molecule has 0 aliphatic carbocycles. The lowest BCUT2D eigenvalue weighted by Gasteiger charge is -2.08. The van der Waals surface area contributed by atoms with Gasteiger partial charge in [0.15, 0.2) is 0 Å². The Kier molecular flexibility index (Phi) is 6.46. The zero-order valence-corrected chi connectivity index (χ0v) is 15.6. The van der Waals surface area contributed by atoms with E-state index in [1.54, 1.807) is 41.3 Å². The molecule has 1 N–H and O–H groups in total. The SMILES string of the molecule is CCOCn1cc(NC(=O)c2ccc(COc3cccc(Cl)c3)cc2)cn1. The van der Waals surface area contributed by atoms with E-state index in [4.69, 9.17) is 21.1 Å². The smallest absolute Gasteiger partial charge is 0.255 e. The van der Waals surface area contributed by atoms with Crippen molar-refractivity contribution in [1.29, 1.82) is 0 Å². The van der Waals surface area contributed by atoms with Gasteiger partial charge in [0, 0.05) is 17.2 Å². The molecule has 6 nitrogen and oxygen atoms in total. The van der Waals surface area contributed by atoms with Crippen LogP contribution < -0.4 is 10.1 Å². The van der Waals surface area contributed by atoms with Crippen LogP contribution in [-0.2, 0) is 18.1 Å². The predicted molar refractivity (Wildman–Crippen MR) is 104 cm³/mol. The zero-order valence-electron chi connectivity index (χ0n) is 14.9. The molecule has 3 rings (SSSR count). The second-order valence-corrected chi connectivity index (χ2v) is 6.22. The van der Waals surface area contributed by atoms with Gasteiger partial charge in [-0.2, -0.15) is 5.10 Å². The number of amides is 1. The average Bonchev–Trinajstić information content (AvgIpc) is 3.12. The predicted octanol–water partition coefficient (Wildman–Crippen LogP) is 4.36. The number of hydrogen-bond donors (Lipinski definition) is 1. The molecule has 140 valence electrons. The van der Waals surface area contributed by atoms with Gasteiger partial charge in [-0.25, -0.2) is 4.68 Å². The van der Waals surface area contributed by atoms with Gasteiger partial charge in [0.25, 0.3) is 5.91 Å². The summed E-state index contributed by atoms with van der Waals surface area (Å²) in [6, 6.07) is 14.5. The summed E-state index contributed by atoms with van der Waals surface area (Å²) in [5, 5.41) is 7.57. The molecule has 0 saturated carbocycles. The van der Waals surface area contributed by atoms with Gasteiger partial charge in [0.05, 0.1) is 18.1 Å². The van der Waals surface area contributed by atoms with Crippen molar-refractivity contribution in [3.05, 3.63) is 77.1 Å². The van der Waals surface area contributed by atoms with E-state index in [-0.39, 0.29) is 5.91 Å². The summed E-state index contributed by atoms with van der Waals surface area (Å²) in [5.41, 5.74) is 2.13. The Balaban J connectivity index is 1.54. The summed E-state index contributed by atoms with van der Waals surface area (Å²) in [6.07, 6.45) is 3.31. The molecular weight excluding hydrogens is 366 g/mol. The standard InChI is InChI=1S/C20H20ClN3O3/c1-2-26-14-24-12-18(11-22-24)23-20(25)16-8-6-15(7-9-16)13-27-19-5-3-4-17(21)10-19/h3-12H,2,13-14H2,1H3,(H,23,25). The number of hydrogen-bond acceptors (Lipinski definition) is 4. The minimum Gasteiger partial charge on any atom is -0.489 e. The summed E-state index contributed by atoms with van der Waals surface area (Å²) < 4.78 is 12.6. The fraction of sp³-hybridized carbons (Fsp3) is 0.200. The first-order chi connectivity index (χ1) is 13.1. The highest BCUT2D eigenvalue weighted by Gasteiger charge is 2.08. The van der Waals surface area contributed by atoms with Crippen LogP contribution in [0.4, 0.5) is 5.69 Å². The lowest BCUT2D eigenvalue weighted by Crippen LogP contribution is -2.11. The third-order valence-electron chi connectivity index (χ3n) is 3.74. The summed E-state index contributed by atoms with van der Waals surface area (Å²) in [7, 11) is 0. The Labute approximate surface area is 162 Å². The van der Waals surface area contributed by atoms with Crippen molar-refractivity contribution >= 4 is 23.2 Å². The normalized spacial score (nSPS) is 10.6. The molecular formula is C20H20ClN3O3. The first-order valence-electron chi connectivity index (χ1n) is 8.53. The van der Waals surface area contributed by atoms with E-state index >= 15 is 0 Å². The molecule has 0 aliphatic heterocycles. The molecule has 0 unspecified atom stereocenters. The van der Waals surface area contributed by atoms with Crippen LogP contribution in [0.25, 0.3) is 0 Å². The molecule has 27 heavy (non-hydrogen) atoms. The maximum atomic E-state index is 12.3. The van der Waals surface area contributed by atoms with Crippen molar-refractivity contribution in [2.24, 2.45) is 0 Å². The maximum Gasteiger partial charge on any atom is 0.255 e. The molecule has 0 atom stereocenters. The fourth-order valence-electron chi connectivity index (χ4n) is 2.36. The Bertz CT molecular complexity index is 893. The van der Waals surface area contributed by atoms with E-state index in [2.05, 4.69) is 10.4 Å². The van der Waals surface area contributed by atoms with Crippen molar-refractivity contribution in [2.75, 3.05) is 11.9 Å². The van der Waals surface area contributed by atoms with Gasteiger partial charge >= 0.3 is 0 Å². The molecule has 0 bridgehead atoms. The second-order valence-electron chi connectivity index (χ2n) is 5.79. The van der Waals surface area contributed by atoms with Crippen LogP contribution in [-0.4, -0.2) is 22.3 Å². The van der Waals surface area contributed by atoms with Crippen molar-refractivity contribution in [1.82, 2.24) is 9.78 Å². The quantitative estimate of drug-likeness (QED) is 0.625. The number of carbonyl (C=O) groups is 1. The van der Waals surface area contributed by atoms with Gasteiger partial charge in [-0.05, 0) is 42.8 Å². The molecule has 3 aromatic rings. The zero-order chi connectivity index (χ0) is 19.1. The summed E-state index contributed by atoms with van der Waals surface area (Å²) in [4.78, 5) is 12.3. The third-order valence-corrected chi connectivity index (χ3v) is 3.97. The highest BCUT2D eigenvalue weighted by atomic mass is 35.5. The number of nitrogens with zero attached hydrogens (tertiary/aromatic N) is 2. The van der Waals surface area contributed by atoms with Crippen molar-refractivity contribution in [3.63, 3.8) is 0 Å². The molecule has 1 aromatic heterocycles. The number of anilines is 1. The topological polar surface area (TPSA) is 65.4 Å². The molecule has 0 saturated heterocycles. The number of halogens is 1. The van der Waals surface area contributed by atoms with Crippen LogP contribution in [0.5, 0.6) is 5.75 Å². The number of nitrogens with one attached hydrogen (secondary N) is 1. The molecule has 7 heteroatoms. The van der Waals surface area contributed by atoms with E-state index in [1.807, 2.05) is 31.2 Å². The Morgan fingerprint density at radius 3 is 2.78 bits per heavy atom. The Hall–Kier alpha value is -2.83. The third kappa shape index (κ3) is 5.57. The van der Waals surface area contributed by atoms with Crippen LogP contribution in [0, 0.1) is 0 Å². The minimum atomic E-state index is -0.201. The van der Waals surface area contributed by atoms with E-state index in [1.165, 1.54) is 0 Å². The second kappa shape index (κ2) is 9.21. The summed E-state index contributed by atoms with van der Waals surface area (Å²) >= 11 is 5.94. The van der Waals surface area contributed by atoms with Gasteiger partial charge in [-0.15, -0.1) is 0 Å². The number of aromatic nitrogens is 2. The molecule has 1 amide bonds. The molecule has 0 aliphatic rings. The van der Waals surface area contributed by atoms with Crippen LogP contribution in [0.1, 0.15) is 22.8 Å². The lowest BCUT2D eigenvalue weighted by molar-refractivity contribution is 0.0792. The van der Waals surface area contributed by atoms with Gasteiger partial charge in [0.1, 0.15) is 19.1 Å². The van der Waals surface area contributed by atoms with Gasteiger partial charge in [-0.3, -0.25) is 4.79 Å². The van der Waals surface area contributed by atoms with Crippen molar-refractivity contribution in [3.8, 4) is 5.75 Å². The largest absolute Gasteiger partial charge is 0.489 e. The first-order valence-corrected chi connectivity index (χ1v) is 8.90. The maximum absolute atomic E-state index is 12.3. The van der Waals surface area contributed by atoms with E-state index < -0.39 is 0 Å². The van der Waals surface area contributed by atoms with Crippen molar-refractivity contribution < 1.29 is 14.3 Å². The molecule has 0 fully saturated rings. The molecule has 2 aromatic carbocycles. The van der Waals surface area contributed by atoms with Crippen LogP contribution in [0.2, 0.25) is 5.02 Å².